The van der Waals surface area contributed by atoms with E-state index in [1.54, 1.807) is 24.3 Å². The third kappa shape index (κ3) is 3.00. The number of hydrogen-bond acceptors (Lipinski definition) is 4. The molecule has 0 heterocycles. The van der Waals surface area contributed by atoms with Gasteiger partial charge in [0.1, 0.15) is 12.4 Å². The monoisotopic (exact) mass is 394 g/mol. The summed E-state index contributed by atoms with van der Waals surface area (Å²) in [5.41, 5.74) is 1.30. The van der Waals surface area contributed by atoms with Crippen molar-refractivity contribution in [2.24, 2.45) is 0 Å². The highest BCUT2D eigenvalue weighted by Gasteiger charge is 2.33. The number of ether oxygens (including phenoxy) is 1. The van der Waals surface area contributed by atoms with Crippen LogP contribution >= 0.6 is 11.6 Å². The first-order chi connectivity index (χ1) is 13.5. The Morgan fingerprint density at radius 1 is 0.857 bits per heavy atom. The smallest absolute Gasteiger partial charge is 0.340 e. The number of benzene rings is 3. The van der Waals surface area contributed by atoms with Crippen LogP contribution < -0.4 is 0 Å². The number of fused-ring (bicyclic) bond motifs is 2. The van der Waals surface area contributed by atoms with Crippen molar-refractivity contribution in [3.8, 4) is 0 Å². The lowest BCUT2D eigenvalue weighted by Crippen LogP contribution is -2.22. The van der Waals surface area contributed by atoms with Gasteiger partial charge >= 0.3 is 5.97 Å². The molecule has 3 aromatic rings. The van der Waals surface area contributed by atoms with Gasteiger partial charge in [0.15, 0.2) is 11.6 Å². The maximum Gasteiger partial charge on any atom is 0.340 e. The molecule has 0 spiro atoms. The van der Waals surface area contributed by atoms with Gasteiger partial charge in [-0.05, 0) is 29.8 Å². The maximum atomic E-state index is 13.0. The number of esters is 1. The summed E-state index contributed by atoms with van der Waals surface area (Å²) in [5, 5.41) is -0.116. The minimum absolute atomic E-state index is 0.00148. The standard InChI is InChI=1S/C22H12ClFO4/c23-19-17(22(27)28-11-12-5-7-13(24)8-6-12)10-9-16-18(19)21(26)15-4-2-1-3-14(15)20(16)25/h1-10H,11H2. The molecular weight excluding hydrogens is 383 g/mol. The van der Waals surface area contributed by atoms with E-state index in [1.807, 2.05) is 0 Å². The van der Waals surface area contributed by atoms with Crippen LogP contribution in [-0.2, 0) is 11.3 Å². The molecule has 0 aliphatic heterocycles. The van der Waals surface area contributed by atoms with Crippen LogP contribution in [0.4, 0.5) is 4.39 Å². The highest BCUT2D eigenvalue weighted by Crippen LogP contribution is 2.34. The average molecular weight is 395 g/mol. The Morgan fingerprint density at radius 2 is 1.50 bits per heavy atom. The maximum absolute atomic E-state index is 13.0. The topological polar surface area (TPSA) is 60.4 Å². The molecule has 138 valence electrons. The molecule has 28 heavy (non-hydrogen) atoms. The first kappa shape index (κ1) is 18.1. The van der Waals surface area contributed by atoms with Gasteiger partial charge in [-0.3, -0.25) is 9.59 Å². The van der Waals surface area contributed by atoms with Crippen LogP contribution in [0.1, 0.15) is 47.8 Å². The quantitative estimate of drug-likeness (QED) is 0.476. The molecule has 0 radical (unpaired) electrons. The minimum atomic E-state index is -0.740. The zero-order valence-electron chi connectivity index (χ0n) is 14.4. The molecule has 0 fully saturated rings. The predicted octanol–water partition coefficient (Wildman–Crippen LogP) is 4.61. The molecule has 3 aromatic carbocycles. The van der Waals surface area contributed by atoms with Crippen LogP contribution in [0.25, 0.3) is 0 Å². The van der Waals surface area contributed by atoms with E-state index >= 15 is 0 Å². The molecule has 0 N–H and O–H groups in total. The molecule has 0 aromatic heterocycles. The Hall–Kier alpha value is -3.31. The second kappa shape index (κ2) is 7.02. The van der Waals surface area contributed by atoms with Crippen molar-refractivity contribution in [2.45, 2.75) is 6.61 Å². The van der Waals surface area contributed by atoms with Crippen molar-refractivity contribution in [3.63, 3.8) is 0 Å². The van der Waals surface area contributed by atoms with Gasteiger partial charge in [0, 0.05) is 16.7 Å². The van der Waals surface area contributed by atoms with Crippen molar-refractivity contribution < 1.29 is 23.5 Å². The van der Waals surface area contributed by atoms with Gasteiger partial charge in [-0.15, -0.1) is 0 Å². The van der Waals surface area contributed by atoms with E-state index in [9.17, 15) is 18.8 Å². The van der Waals surface area contributed by atoms with Crippen LogP contribution in [0.15, 0.2) is 60.7 Å². The lowest BCUT2D eigenvalue weighted by atomic mass is 9.83. The zero-order chi connectivity index (χ0) is 19.8. The second-order valence-corrected chi connectivity index (χ2v) is 6.63. The number of rotatable bonds is 3. The Bertz CT molecular complexity index is 1140. The fraction of sp³-hybridized carbons (Fsp3) is 0.0455. The van der Waals surface area contributed by atoms with Crippen molar-refractivity contribution >= 4 is 29.1 Å². The molecule has 4 rings (SSSR count). The van der Waals surface area contributed by atoms with Crippen molar-refractivity contribution in [3.05, 3.63) is 105 Å². The Labute approximate surface area is 164 Å². The Kier molecular flexibility index (Phi) is 4.53. The Morgan fingerprint density at radius 3 is 2.18 bits per heavy atom. The number of carbonyl (C=O) groups is 3. The molecule has 4 nitrogen and oxygen atoms in total. The zero-order valence-corrected chi connectivity index (χ0v) is 15.1. The van der Waals surface area contributed by atoms with Crippen LogP contribution in [-0.4, -0.2) is 17.5 Å². The molecule has 0 bridgehead atoms. The Balaban J connectivity index is 1.65. The van der Waals surface area contributed by atoms with Gasteiger partial charge in [-0.1, -0.05) is 48.0 Å². The second-order valence-electron chi connectivity index (χ2n) is 6.26. The van der Waals surface area contributed by atoms with Gasteiger partial charge < -0.3 is 4.74 Å². The fourth-order valence-electron chi connectivity index (χ4n) is 3.11. The summed E-state index contributed by atoms with van der Waals surface area (Å²) in [6, 6.07) is 14.8. The van der Waals surface area contributed by atoms with E-state index < -0.39 is 17.6 Å². The number of hydrogen-bond donors (Lipinski definition) is 0. The lowest BCUT2D eigenvalue weighted by molar-refractivity contribution is 0.0472. The largest absolute Gasteiger partial charge is 0.457 e. The summed E-state index contributed by atoms with van der Waals surface area (Å²) in [6.07, 6.45) is 0. The molecular formula is C22H12ClFO4. The number of carbonyl (C=O) groups excluding carboxylic acids is 3. The summed E-state index contributed by atoms with van der Waals surface area (Å²) in [6.45, 7) is -0.0811. The normalized spacial score (nSPS) is 12.4. The third-order valence-corrected chi connectivity index (χ3v) is 4.93. The van der Waals surface area contributed by atoms with E-state index in [0.29, 0.717) is 11.1 Å². The van der Waals surface area contributed by atoms with Crippen molar-refractivity contribution in [2.75, 3.05) is 0 Å². The molecule has 0 amide bonds. The van der Waals surface area contributed by atoms with Crippen LogP contribution in [0.3, 0.4) is 0 Å². The first-order valence-corrected chi connectivity index (χ1v) is 8.77. The van der Waals surface area contributed by atoms with E-state index in [4.69, 9.17) is 16.3 Å². The molecule has 1 aliphatic rings. The van der Waals surface area contributed by atoms with Gasteiger partial charge in [-0.25, -0.2) is 9.18 Å². The van der Waals surface area contributed by atoms with Crippen molar-refractivity contribution in [1.82, 2.24) is 0 Å². The summed E-state index contributed by atoms with van der Waals surface area (Å²) < 4.78 is 18.2. The average Bonchev–Trinajstić information content (AvgIpc) is 2.71. The summed E-state index contributed by atoms with van der Waals surface area (Å²) in [5.74, 6) is -1.87. The molecule has 0 saturated carbocycles. The lowest BCUT2D eigenvalue weighted by Gasteiger charge is -2.19. The SMILES string of the molecule is O=C(OCc1ccc(F)cc1)c1ccc2c(c1Cl)C(=O)c1ccccc1C2=O. The van der Waals surface area contributed by atoms with Gasteiger partial charge in [-0.2, -0.15) is 0 Å². The number of ketones is 2. The summed E-state index contributed by atoms with van der Waals surface area (Å²) >= 11 is 6.33. The van der Waals surface area contributed by atoms with Gasteiger partial charge in [0.2, 0.25) is 0 Å². The minimum Gasteiger partial charge on any atom is -0.457 e. The fourth-order valence-corrected chi connectivity index (χ4v) is 3.44. The van der Waals surface area contributed by atoms with Crippen LogP contribution in [0.2, 0.25) is 5.02 Å². The first-order valence-electron chi connectivity index (χ1n) is 8.40. The molecule has 0 saturated heterocycles. The highest BCUT2D eigenvalue weighted by atomic mass is 35.5. The predicted molar refractivity (Wildman–Crippen MR) is 100 cm³/mol. The van der Waals surface area contributed by atoms with Crippen molar-refractivity contribution in [1.29, 1.82) is 0 Å². The van der Waals surface area contributed by atoms with Gasteiger partial charge in [0.25, 0.3) is 0 Å². The van der Waals surface area contributed by atoms with E-state index in [0.717, 1.165) is 0 Å². The van der Waals surface area contributed by atoms with Gasteiger partial charge in [0.05, 0.1) is 16.1 Å². The molecule has 6 heteroatoms. The van der Waals surface area contributed by atoms with E-state index in [2.05, 4.69) is 0 Å². The van der Waals surface area contributed by atoms with Crippen LogP contribution in [0, 0.1) is 5.82 Å². The number of halogens is 2. The third-order valence-electron chi connectivity index (χ3n) is 4.53. The van der Waals surface area contributed by atoms with E-state index in [1.165, 1.54) is 36.4 Å². The summed E-state index contributed by atoms with van der Waals surface area (Å²) in [4.78, 5) is 38.0. The van der Waals surface area contributed by atoms with Crippen LogP contribution in [0.5, 0.6) is 0 Å². The molecule has 0 unspecified atom stereocenters. The molecule has 0 atom stereocenters. The molecule has 1 aliphatic carbocycles. The highest BCUT2D eigenvalue weighted by molar-refractivity contribution is 6.41. The van der Waals surface area contributed by atoms with E-state index in [-0.39, 0.29) is 39.7 Å². The summed E-state index contributed by atoms with van der Waals surface area (Å²) in [7, 11) is 0.